The molecule has 228 valence electrons. The van der Waals surface area contributed by atoms with Gasteiger partial charge in [-0.15, -0.1) is 33.1 Å². The predicted molar refractivity (Wildman–Crippen MR) is 152 cm³/mol. The quantitative estimate of drug-likeness (QED) is 0.0737. The number of β-lactam (4-membered cyclic amide) rings is 1. The molecule has 1 aliphatic carbocycles. The fourth-order valence-electron chi connectivity index (χ4n) is 4.61. The Balaban J connectivity index is 1.28. The van der Waals surface area contributed by atoms with E-state index in [1.807, 2.05) is 0 Å². The van der Waals surface area contributed by atoms with E-state index in [9.17, 15) is 29.2 Å². The minimum atomic E-state index is -1.61. The van der Waals surface area contributed by atoms with Gasteiger partial charge >= 0.3 is 11.9 Å². The van der Waals surface area contributed by atoms with Crippen LogP contribution in [0.5, 0.6) is 0 Å². The van der Waals surface area contributed by atoms with E-state index < -0.39 is 47.8 Å². The maximum Gasteiger partial charge on any atom is 0.352 e. The lowest BCUT2D eigenvalue weighted by Gasteiger charge is -2.49. The molecule has 2 unspecified atom stereocenters. The van der Waals surface area contributed by atoms with Crippen molar-refractivity contribution in [1.82, 2.24) is 35.4 Å². The molecule has 2 fully saturated rings. The molecule has 21 heteroatoms. The highest BCUT2D eigenvalue weighted by molar-refractivity contribution is 8.01. The number of thioether (sulfide) groups is 2. The minimum Gasteiger partial charge on any atom is -0.480 e. The molecule has 3 aliphatic rings. The number of hydrogen-bond acceptors (Lipinski definition) is 16. The predicted octanol–water partition coefficient (Wildman–Crippen LogP) is 0.126. The number of nitrogens with one attached hydrogen (secondary N) is 1. The molecular weight excluding hydrogens is 629 g/mol. The summed E-state index contributed by atoms with van der Waals surface area (Å²) in [5.74, 6) is -3.85. The van der Waals surface area contributed by atoms with Gasteiger partial charge in [0.05, 0.1) is 6.54 Å². The van der Waals surface area contributed by atoms with Gasteiger partial charge in [-0.05, 0) is 41.7 Å². The number of aliphatic carboxylic acids is 2. The molecule has 43 heavy (non-hydrogen) atoms. The van der Waals surface area contributed by atoms with Crippen LogP contribution in [0.4, 0.5) is 5.13 Å². The molecule has 2 amide bonds. The highest BCUT2D eigenvalue weighted by atomic mass is 32.2. The number of aromatic nitrogens is 5. The number of carbonyl (C=O) groups excluding carboxylic acids is 2. The van der Waals surface area contributed by atoms with E-state index >= 15 is 0 Å². The number of carboxylic acid groups (broad SMARTS) is 2. The Bertz CT molecular complexity index is 1500. The lowest BCUT2D eigenvalue weighted by Crippen LogP contribution is -2.71. The third-order valence-corrected chi connectivity index (χ3v) is 9.80. The Hall–Kier alpha value is -4.11. The molecular formula is C22H24N10O8S3. The van der Waals surface area contributed by atoms with E-state index in [1.165, 1.54) is 11.8 Å². The van der Waals surface area contributed by atoms with Crippen molar-refractivity contribution in [1.29, 1.82) is 0 Å². The number of oxime groups is 1. The third kappa shape index (κ3) is 6.46. The van der Waals surface area contributed by atoms with Crippen LogP contribution in [0.25, 0.3) is 0 Å². The number of carbonyl (C=O) groups is 4. The number of nitrogens with zero attached hydrogens (tertiary/aromatic N) is 8. The second-order valence-corrected chi connectivity index (χ2v) is 12.5. The van der Waals surface area contributed by atoms with Crippen molar-refractivity contribution in [2.24, 2.45) is 10.3 Å². The first kappa shape index (κ1) is 30.4. The van der Waals surface area contributed by atoms with Gasteiger partial charge in [-0.1, -0.05) is 22.1 Å². The number of anilines is 1. The van der Waals surface area contributed by atoms with E-state index in [0.29, 0.717) is 5.57 Å². The van der Waals surface area contributed by atoms with Crippen LogP contribution in [0.15, 0.2) is 32.1 Å². The van der Waals surface area contributed by atoms with Crippen LogP contribution in [-0.2, 0) is 30.6 Å². The summed E-state index contributed by atoms with van der Waals surface area (Å²) >= 11 is 3.38. The molecule has 0 aromatic carbocycles. The van der Waals surface area contributed by atoms with Crippen molar-refractivity contribution >= 4 is 69.5 Å². The molecule has 5 rings (SSSR count). The number of thiazole rings is 1. The second-order valence-electron chi connectivity index (χ2n) is 9.53. The van der Waals surface area contributed by atoms with Gasteiger partial charge in [0.1, 0.15) is 28.9 Å². The van der Waals surface area contributed by atoms with Crippen LogP contribution < -0.4 is 11.1 Å². The topological polar surface area (TPSA) is 258 Å². The second kappa shape index (κ2) is 13.0. The van der Waals surface area contributed by atoms with Crippen LogP contribution >= 0.6 is 34.9 Å². The number of fused-ring (bicyclic) bond motifs is 1. The molecule has 5 N–H and O–H groups in total. The Morgan fingerprint density at radius 3 is 2.70 bits per heavy atom. The summed E-state index contributed by atoms with van der Waals surface area (Å²) in [6.07, 6.45) is 3.49. The van der Waals surface area contributed by atoms with E-state index in [1.54, 1.807) is 5.38 Å². The first-order valence-electron chi connectivity index (χ1n) is 12.8. The number of tetrazole rings is 1. The molecule has 2 aromatic rings. The summed E-state index contributed by atoms with van der Waals surface area (Å²) in [4.78, 5) is 71.5. The number of hydrogen-bond donors (Lipinski definition) is 4. The van der Waals surface area contributed by atoms with Gasteiger partial charge in [-0.3, -0.25) is 14.5 Å². The number of carboxylic acids is 2. The molecule has 0 bridgehead atoms. The number of nitrogen functional groups attached to an aromatic ring is 1. The van der Waals surface area contributed by atoms with Gasteiger partial charge in [0.15, 0.2) is 10.8 Å². The average molecular weight is 653 g/mol. The first-order chi connectivity index (χ1) is 20.7. The number of rotatable bonds is 13. The SMILES string of the molecule is Nc1nc(C(=NOC2CCCC2)C(=O)NC2C(=O)N3C(C(=O)O)=C(CSc4nnnn4CC(N=O)C(=O)O)CS[C@@H]23)cs1. The Morgan fingerprint density at radius 2 is 2.05 bits per heavy atom. The van der Waals surface area contributed by atoms with Crippen molar-refractivity contribution in [3.8, 4) is 0 Å². The molecule has 3 atom stereocenters. The van der Waals surface area contributed by atoms with Crippen molar-refractivity contribution in [3.63, 3.8) is 0 Å². The van der Waals surface area contributed by atoms with Gasteiger partial charge in [0.25, 0.3) is 11.8 Å². The molecule has 1 saturated heterocycles. The van der Waals surface area contributed by atoms with Gasteiger partial charge in [-0.25, -0.2) is 19.3 Å². The van der Waals surface area contributed by atoms with Crippen molar-refractivity contribution in [3.05, 3.63) is 27.3 Å². The fourth-order valence-corrected chi connectivity index (χ4v) is 7.53. The van der Waals surface area contributed by atoms with Gasteiger partial charge < -0.3 is 26.1 Å². The Kier molecular flexibility index (Phi) is 9.20. The van der Waals surface area contributed by atoms with Crippen LogP contribution in [0.1, 0.15) is 31.4 Å². The molecule has 4 heterocycles. The summed E-state index contributed by atoms with van der Waals surface area (Å²) in [5, 5.41) is 40.5. The normalized spacial score (nSPS) is 21.3. The zero-order chi connectivity index (χ0) is 30.7. The van der Waals surface area contributed by atoms with Crippen molar-refractivity contribution in [2.45, 2.75) is 60.9 Å². The highest BCUT2D eigenvalue weighted by Crippen LogP contribution is 2.41. The highest BCUT2D eigenvalue weighted by Gasteiger charge is 2.54. The zero-order valence-corrected chi connectivity index (χ0v) is 24.5. The van der Waals surface area contributed by atoms with Gasteiger partial charge in [0, 0.05) is 16.9 Å². The van der Waals surface area contributed by atoms with Gasteiger partial charge in [-0.2, -0.15) is 0 Å². The number of amides is 2. The van der Waals surface area contributed by atoms with Gasteiger partial charge in [0.2, 0.25) is 11.2 Å². The molecule has 0 spiro atoms. The van der Waals surface area contributed by atoms with Crippen molar-refractivity contribution < 1.29 is 34.2 Å². The van der Waals surface area contributed by atoms with Crippen LogP contribution in [-0.4, -0.2) is 105 Å². The maximum atomic E-state index is 13.3. The number of nitroso groups, excluding NO2 is 1. The van der Waals surface area contributed by atoms with E-state index in [4.69, 9.17) is 15.7 Å². The Labute approximate surface area is 254 Å². The molecule has 2 aliphatic heterocycles. The zero-order valence-electron chi connectivity index (χ0n) is 22.1. The monoisotopic (exact) mass is 652 g/mol. The molecule has 0 radical (unpaired) electrons. The van der Waals surface area contributed by atoms with E-state index in [2.05, 4.69) is 36.2 Å². The van der Waals surface area contributed by atoms with Crippen LogP contribution in [0.3, 0.4) is 0 Å². The largest absolute Gasteiger partial charge is 0.480 e. The molecule has 2 aromatic heterocycles. The Morgan fingerprint density at radius 1 is 1.28 bits per heavy atom. The smallest absolute Gasteiger partial charge is 0.352 e. The lowest BCUT2D eigenvalue weighted by molar-refractivity contribution is -0.150. The van der Waals surface area contributed by atoms with Crippen molar-refractivity contribution in [2.75, 3.05) is 17.2 Å². The third-order valence-electron chi connectivity index (χ3n) is 6.74. The average Bonchev–Trinajstić information content (AvgIpc) is 3.76. The fraction of sp³-hybridized carbons (Fsp3) is 0.500. The summed E-state index contributed by atoms with van der Waals surface area (Å²) < 4.78 is 1.08. The summed E-state index contributed by atoms with van der Waals surface area (Å²) in [6, 6.07) is -2.63. The molecule has 18 nitrogen and oxygen atoms in total. The number of nitrogens with two attached hydrogens (primary N) is 1. The summed E-state index contributed by atoms with van der Waals surface area (Å²) in [7, 11) is 0. The summed E-state index contributed by atoms with van der Waals surface area (Å²) in [6.45, 7) is -0.410. The molecule has 1 saturated carbocycles. The maximum absolute atomic E-state index is 13.3. The van der Waals surface area contributed by atoms with Crippen LogP contribution in [0, 0.1) is 4.91 Å². The van der Waals surface area contributed by atoms with E-state index in [0.717, 1.165) is 58.4 Å². The van der Waals surface area contributed by atoms with E-state index in [-0.39, 0.29) is 45.0 Å². The van der Waals surface area contributed by atoms with Crippen LogP contribution in [0.2, 0.25) is 0 Å². The minimum absolute atomic E-state index is 0.0509. The summed E-state index contributed by atoms with van der Waals surface area (Å²) in [5.41, 5.74) is 5.97. The standard InChI is InChI=1S/C22H24N10O8S3/c23-21-24-12(8-42-21)13(28-40-10-3-1-2-4-10)16(33)25-14-17(34)32-15(20(37)38)9(6-41-18(14)32)7-43-22-26-29-30-31(22)5-11(27-39)19(35)36/h8,10-11,14,18H,1-7H2,(H2,23,24)(H,25,33)(H,35,36)(H,37,38)/t11?,14?,18-/m0/s1. The lowest BCUT2D eigenvalue weighted by atomic mass is 10.0. The first-order valence-corrected chi connectivity index (χ1v) is 15.7.